The van der Waals surface area contributed by atoms with E-state index in [0.717, 1.165) is 6.42 Å². The average molecular weight is 351 g/mol. The summed E-state index contributed by atoms with van der Waals surface area (Å²) in [5, 5.41) is 6.84. The maximum absolute atomic E-state index is 12.2. The molecule has 130 valence electrons. The highest BCUT2D eigenvalue weighted by Gasteiger charge is 2.21. The molecule has 1 unspecified atom stereocenters. The van der Waals surface area contributed by atoms with Crippen molar-refractivity contribution in [2.24, 2.45) is 11.7 Å². The molecule has 2 aromatic heterocycles. The number of aromatic nitrogens is 4. The molecule has 8 heteroatoms. The zero-order valence-electron chi connectivity index (χ0n) is 13.5. The number of pyridine rings is 1. The molecule has 1 amide bonds. The van der Waals surface area contributed by atoms with Gasteiger partial charge in [-0.3, -0.25) is 4.79 Å². The molecule has 1 fully saturated rings. The van der Waals surface area contributed by atoms with Crippen molar-refractivity contribution in [2.45, 2.75) is 44.6 Å². The minimum Gasteiger partial charge on any atom is -0.323 e. The topological polar surface area (TPSA) is 98.7 Å². The second-order valence-corrected chi connectivity index (χ2v) is 6.08. The zero-order valence-corrected chi connectivity index (χ0v) is 14.3. The normalized spacial score (nSPS) is 16.2. The highest BCUT2D eigenvalue weighted by Crippen LogP contribution is 2.27. The Kier molecular flexibility index (Phi) is 6.69. The molecular formula is C16H23ClN6O. The molecule has 0 radical (unpaired) electrons. The summed E-state index contributed by atoms with van der Waals surface area (Å²) in [6.07, 6.45) is 11.6. The summed E-state index contributed by atoms with van der Waals surface area (Å²) in [5.41, 5.74) is 6.69. The van der Waals surface area contributed by atoms with Gasteiger partial charge in [-0.05, 0) is 24.5 Å². The summed E-state index contributed by atoms with van der Waals surface area (Å²) in [4.78, 5) is 20.3. The molecular weight excluding hydrogens is 328 g/mol. The van der Waals surface area contributed by atoms with Gasteiger partial charge in [-0.2, -0.15) is 5.10 Å². The summed E-state index contributed by atoms with van der Waals surface area (Å²) in [6.45, 7) is 0. The maximum Gasteiger partial charge on any atom is 0.241 e. The lowest BCUT2D eigenvalue weighted by molar-refractivity contribution is -0.117. The van der Waals surface area contributed by atoms with Gasteiger partial charge in [0.05, 0.1) is 17.9 Å². The van der Waals surface area contributed by atoms with Crippen LogP contribution in [0.2, 0.25) is 0 Å². The van der Waals surface area contributed by atoms with Crippen molar-refractivity contribution in [1.82, 2.24) is 19.7 Å². The molecule has 0 aromatic carbocycles. The lowest BCUT2D eigenvalue weighted by atomic mass is 9.85. The van der Waals surface area contributed by atoms with Crippen LogP contribution in [0.4, 0.5) is 5.69 Å². The third-order valence-corrected chi connectivity index (χ3v) is 4.32. The Labute approximate surface area is 147 Å². The highest BCUT2D eigenvalue weighted by atomic mass is 35.5. The molecule has 0 bridgehead atoms. The second-order valence-electron chi connectivity index (χ2n) is 6.08. The Hall–Kier alpha value is -1.99. The summed E-state index contributed by atoms with van der Waals surface area (Å²) in [6, 6.07) is 3.10. The van der Waals surface area contributed by atoms with Crippen LogP contribution in [0.3, 0.4) is 0 Å². The molecule has 1 saturated carbocycles. The molecule has 1 aliphatic carbocycles. The van der Waals surface area contributed by atoms with Crippen LogP contribution in [0.15, 0.2) is 31.0 Å². The van der Waals surface area contributed by atoms with Crippen LogP contribution in [0.25, 0.3) is 5.82 Å². The molecule has 1 aliphatic rings. The average Bonchev–Trinajstić information content (AvgIpc) is 3.11. The first-order valence-electron chi connectivity index (χ1n) is 8.10. The smallest absolute Gasteiger partial charge is 0.241 e. The van der Waals surface area contributed by atoms with E-state index in [4.69, 9.17) is 5.73 Å². The minimum atomic E-state index is -0.465. The van der Waals surface area contributed by atoms with Gasteiger partial charge in [0.15, 0.2) is 5.82 Å². The fraction of sp³-hybridized carbons (Fsp3) is 0.500. The van der Waals surface area contributed by atoms with E-state index in [9.17, 15) is 4.79 Å². The molecule has 0 spiro atoms. The Balaban J connectivity index is 0.00000208. The van der Waals surface area contributed by atoms with E-state index < -0.39 is 6.04 Å². The van der Waals surface area contributed by atoms with Crippen molar-refractivity contribution in [1.29, 1.82) is 0 Å². The molecule has 3 rings (SSSR count). The van der Waals surface area contributed by atoms with Crippen molar-refractivity contribution in [3.05, 3.63) is 31.0 Å². The molecule has 3 N–H and O–H groups in total. The van der Waals surface area contributed by atoms with Crippen LogP contribution in [-0.2, 0) is 4.79 Å². The van der Waals surface area contributed by atoms with Crippen LogP contribution < -0.4 is 11.1 Å². The number of hydrogen-bond donors (Lipinski definition) is 2. The van der Waals surface area contributed by atoms with Crippen molar-refractivity contribution < 1.29 is 4.79 Å². The fourth-order valence-electron chi connectivity index (χ4n) is 3.05. The molecule has 24 heavy (non-hydrogen) atoms. The first kappa shape index (κ1) is 18.4. The number of anilines is 1. The standard InChI is InChI=1S/C16H22N6O.ClH/c17-14(8-12-4-2-1-3-5-12)16(23)21-13-6-7-15(19-9-13)22-11-18-10-20-22;/h6-7,9-12,14H,1-5,8,17H2,(H,21,23);1H. The van der Waals surface area contributed by atoms with Gasteiger partial charge in [-0.25, -0.2) is 14.6 Å². The monoisotopic (exact) mass is 350 g/mol. The number of amides is 1. The van der Waals surface area contributed by atoms with E-state index >= 15 is 0 Å². The number of hydrogen-bond acceptors (Lipinski definition) is 5. The summed E-state index contributed by atoms with van der Waals surface area (Å²) >= 11 is 0. The van der Waals surface area contributed by atoms with Crippen LogP contribution in [0.5, 0.6) is 0 Å². The van der Waals surface area contributed by atoms with Crippen LogP contribution in [-0.4, -0.2) is 31.7 Å². The maximum atomic E-state index is 12.2. The predicted molar refractivity (Wildman–Crippen MR) is 94.2 cm³/mol. The van der Waals surface area contributed by atoms with Gasteiger partial charge in [0.2, 0.25) is 5.91 Å². The SMILES string of the molecule is Cl.NC(CC1CCCCC1)C(=O)Nc1ccc(-n2cncn2)nc1. The number of rotatable bonds is 5. The molecule has 1 atom stereocenters. The van der Waals surface area contributed by atoms with E-state index in [-0.39, 0.29) is 18.3 Å². The zero-order chi connectivity index (χ0) is 16.1. The number of halogens is 1. The van der Waals surface area contributed by atoms with E-state index in [2.05, 4.69) is 20.4 Å². The van der Waals surface area contributed by atoms with Gasteiger partial charge < -0.3 is 11.1 Å². The van der Waals surface area contributed by atoms with Crippen molar-refractivity contribution in [3.63, 3.8) is 0 Å². The number of nitrogens with two attached hydrogens (primary N) is 1. The van der Waals surface area contributed by atoms with Gasteiger partial charge in [0, 0.05) is 0 Å². The largest absolute Gasteiger partial charge is 0.323 e. The third kappa shape index (κ3) is 4.75. The number of nitrogens with zero attached hydrogens (tertiary/aromatic N) is 4. The third-order valence-electron chi connectivity index (χ3n) is 4.32. The van der Waals surface area contributed by atoms with Gasteiger partial charge >= 0.3 is 0 Å². The Bertz CT molecular complexity index is 625. The van der Waals surface area contributed by atoms with Crippen LogP contribution in [0, 0.1) is 5.92 Å². The first-order valence-corrected chi connectivity index (χ1v) is 8.10. The fourth-order valence-corrected chi connectivity index (χ4v) is 3.05. The Morgan fingerprint density at radius 2 is 2.12 bits per heavy atom. The molecule has 2 heterocycles. The van der Waals surface area contributed by atoms with Gasteiger partial charge in [-0.1, -0.05) is 32.1 Å². The van der Waals surface area contributed by atoms with Gasteiger partial charge in [-0.15, -0.1) is 12.4 Å². The lowest BCUT2D eigenvalue weighted by Crippen LogP contribution is -2.37. The summed E-state index contributed by atoms with van der Waals surface area (Å²) in [5.74, 6) is 1.08. The predicted octanol–water partition coefficient (Wildman–Crippen LogP) is 2.32. The van der Waals surface area contributed by atoms with E-state index in [1.807, 2.05) is 0 Å². The molecule has 0 saturated heterocycles. The molecule has 2 aromatic rings. The lowest BCUT2D eigenvalue weighted by Gasteiger charge is -2.24. The van der Waals surface area contributed by atoms with Crippen LogP contribution >= 0.6 is 12.4 Å². The van der Waals surface area contributed by atoms with Gasteiger partial charge in [0.25, 0.3) is 0 Å². The van der Waals surface area contributed by atoms with Crippen molar-refractivity contribution >= 4 is 24.0 Å². The quantitative estimate of drug-likeness (QED) is 0.862. The van der Waals surface area contributed by atoms with Crippen LogP contribution in [0.1, 0.15) is 38.5 Å². The second kappa shape index (κ2) is 8.75. The van der Waals surface area contributed by atoms with E-state index in [1.54, 1.807) is 29.3 Å². The number of carbonyl (C=O) groups excluding carboxylic acids is 1. The summed E-state index contributed by atoms with van der Waals surface area (Å²) < 4.78 is 1.56. The Morgan fingerprint density at radius 3 is 2.75 bits per heavy atom. The van der Waals surface area contributed by atoms with Crippen molar-refractivity contribution in [2.75, 3.05) is 5.32 Å². The highest BCUT2D eigenvalue weighted by molar-refractivity contribution is 5.94. The minimum absolute atomic E-state index is 0. The first-order chi connectivity index (χ1) is 11.2. The number of nitrogens with one attached hydrogen (secondary N) is 1. The summed E-state index contributed by atoms with van der Waals surface area (Å²) in [7, 11) is 0. The van der Waals surface area contributed by atoms with Crippen molar-refractivity contribution in [3.8, 4) is 5.82 Å². The Morgan fingerprint density at radius 1 is 1.33 bits per heavy atom. The molecule has 0 aliphatic heterocycles. The molecule has 7 nitrogen and oxygen atoms in total. The van der Waals surface area contributed by atoms with E-state index in [0.29, 0.717) is 17.4 Å². The van der Waals surface area contributed by atoms with E-state index in [1.165, 1.54) is 38.4 Å². The number of carbonyl (C=O) groups is 1. The van der Waals surface area contributed by atoms with Gasteiger partial charge in [0.1, 0.15) is 12.7 Å².